The molecular formula is C9H18N2S. The SMILES string of the molecule is CN(C)C1(C(N)=S)CCCCC1. The molecule has 0 spiro atoms. The molecule has 0 bridgehead atoms. The molecule has 0 saturated heterocycles. The maximum Gasteiger partial charge on any atom is 0.0933 e. The first kappa shape index (κ1) is 9.93. The average Bonchev–Trinajstić information content (AvgIpc) is 2.05. The van der Waals surface area contributed by atoms with Gasteiger partial charge in [0.25, 0.3) is 0 Å². The molecule has 1 rings (SSSR count). The van der Waals surface area contributed by atoms with E-state index in [1.165, 1.54) is 19.3 Å². The molecule has 0 radical (unpaired) electrons. The molecule has 2 nitrogen and oxygen atoms in total. The molecule has 0 aromatic carbocycles. The molecule has 12 heavy (non-hydrogen) atoms. The van der Waals surface area contributed by atoms with E-state index in [0.29, 0.717) is 4.99 Å². The molecule has 0 aromatic rings. The first-order valence-electron chi connectivity index (χ1n) is 4.57. The number of nitrogens with zero attached hydrogens (tertiary/aromatic N) is 1. The quantitative estimate of drug-likeness (QED) is 0.663. The second-order valence-electron chi connectivity index (χ2n) is 3.85. The molecule has 0 unspecified atom stereocenters. The Morgan fingerprint density at radius 1 is 1.25 bits per heavy atom. The lowest BCUT2D eigenvalue weighted by atomic mass is 9.81. The Bertz CT molecular complexity index is 171. The predicted molar refractivity (Wildman–Crippen MR) is 56.3 cm³/mol. The van der Waals surface area contributed by atoms with Crippen molar-refractivity contribution in [2.75, 3.05) is 14.1 Å². The Morgan fingerprint density at radius 2 is 1.75 bits per heavy atom. The highest BCUT2D eigenvalue weighted by Crippen LogP contribution is 2.32. The Hall–Kier alpha value is -0.150. The number of hydrogen-bond donors (Lipinski definition) is 1. The third-order valence-corrected chi connectivity index (χ3v) is 3.38. The zero-order chi connectivity index (χ0) is 9.19. The molecule has 0 heterocycles. The molecule has 1 aliphatic carbocycles. The second kappa shape index (κ2) is 3.71. The van der Waals surface area contributed by atoms with E-state index in [9.17, 15) is 0 Å². The van der Waals surface area contributed by atoms with Crippen LogP contribution >= 0.6 is 12.2 Å². The van der Waals surface area contributed by atoms with Gasteiger partial charge in [0.2, 0.25) is 0 Å². The summed E-state index contributed by atoms with van der Waals surface area (Å²) in [6.07, 6.45) is 6.12. The van der Waals surface area contributed by atoms with Gasteiger partial charge in [0.05, 0.1) is 10.5 Å². The van der Waals surface area contributed by atoms with Gasteiger partial charge in [0.15, 0.2) is 0 Å². The van der Waals surface area contributed by atoms with Crippen LogP contribution in [0.3, 0.4) is 0 Å². The number of hydrogen-bond acceptors (Lipinski definition) is 2. The zero-order valence-electron chi connectivity index (χ0n) is 7.97. The Kier molecular flexibility index (Phi) is 3.07. The summed E-state index contributed by atoms with van der Waals surface area (Å²) in [4.78, 5) is 2.86. The molecule has 3 heteroatoms. The maximum absolute atomic E-state index is 5.79. The van der Waals surface area contributed by atoms with Crippen LogP contribution in [-0.2, 0) is 0 Å². The molecule has 0 aliphatic heterocycles. The van der Waals surface area contributed by atoms with Gasteiger partial charge in [0, 0.05) is 0 Å². The summed E-state index contributed by atoms with van der Waals surface area (Å²) >= 11 is 5.14. The van der Waals surface area contributed by atoms with Gasteiger partial charge in [-0.2, -0.15) is 0 Å². The van der Waals surface area contributed by atoms with Gasteiger partial charge in [-0.05, 0) is 26.9 Å². The monoisotopic (exact) mass is 186 g/mol. The predicted octanol–water partition coefficient (Wildman–Crippen LogP) is 1.54. The fraction of sp³-hybridized carbons (Fsp3) is 0.889. The molecule has 1 saturated carbocycles. The maximum atomic E-state index is 5.79. The van der Waals surface area contributed by atoms with Crippen molar-refractivity contribution < 1.29 is 0 Å². The highest BCUT2D eigenvalue weighted by Gasteiger charge is 2.36. The molecule has 0 amide bonds. The van der Waals surface area contributed by atoms with Crippen molar-refractivity contribution in [3.63, 3.8) is 0 Å². The van der Waals surface area contributed by atoms with Gasteiger partial charge >= 0.3 is 0 Å². The van der Waals surface area contributed by atoms with Gasteiger partial charge in [-0.1, -0.05) is 31.5 Å². The summed E-state index contributed by atoms with van der Waals surface area (Å²) in [5, 5.41) is 0. The summed E-state index contributed by atoms with van der Waals surface area (Å²) < 4.78 is 0. The van der Waals surface area contributed by atoms with Crippen LogP contribution in [0.15, 0.2) is 0 Å². The van der Waals surface area contributed by atoms with Crippen LogP contribution in [0, 0.1) is 0 Å². The van der Waals surface area contributed by atoms with Crippen LogP contribution in [0.2, 0.25) is 0 Å². The molecular weight excluding hydrogens is 168 g/mol. The first-order chi connectivity index (χ1) is 5.59. The molecule has 0 aromatic heterocycles. The summed E-state index contributed by atoms with van der Waals surface area (Å²) in [5.41, 5.74) is 5.81. The average molecular weight is 186 g/mol. The van der Waals surface area contributed by atoms with Gasteiger partial charge in [-0.3, -0.25) is 4.90 Å². The summed E-state index contributed by atoms with van der Waals surface area (Å²) in [7, 11) is 4.15. The van der Waals surface area contributed by atoms with Crippen LogP contribution in [0.5, 0.6) is 0 Å². The smallest absolute Gasteiger partial charge is 0.0933 e. The van der Waals surface area contributed by atoms with Crippen molar-refractivity contribution in [3.8, 4) is 0 Å². The number of nitrogens with two attached hydrogens (primary N) is 1. The zero-order valence-corrected chi connectivity index (χ0v) is 8.78. The minimum Gasteiger partial charge on any atom is -0.392 e. The van der Waals surface area contributed by atoms with E-state index in [1.54, 1.807) is 0 Å². The number of likely N-dealkylation sites (N-methyl/N-ethyl adjacent to an activating group) is 1. The summed E-state index contributed by atoms with van der Waals surface area (Å²) in [6.45, 7) is 0. The van der Waals surface area contributed by atoms with E-state index >= 15 is 0 Å². The first-order valence-corrected chi connectivity index (χ1v) is 4.98. The second-order valence-corrected chi connectivity index (χ2v) is 4.29. The lowest BCUT2D eigenvalue weighted by Crippen LogP contribution is -2.54. The lowest BCUT2D eigenvalue weighted by Gasteiger charge is -2.42. The minimum absolute atomic E-state index is 0.0214. The van der Waals surface area contributed by atoms with Crippen molar-refractivity contribution >= 4 is 17.2 Å². The summed E-state index contributed by atoms with van der Waals surface area (Å²) in [6, 6.07) is 0. The van der Waals surface area contributed by atoms with E-state index in [1.807, 2.05) is 0 Å². The third-order valence-electron chi connectivity index (χ3n) is 3.00. The molecule has 70 valence electrons. The normalized spacial score (nSPS) is 22.6. The van der Waals surface area contributed by atoms with E-state index in [2.05, 4.69) is 19.0 Å². The molecule has 0 atom stereocenters. The van der Waals surface area contributed by atoms with E-state index in [-0.39, 0.29) is 5.54 Å². The Balaban J connectivity index is 2.77. The highest BCUT2D eigenvalue weighted by atomic mass is 32.1. The Morgan fingerprint density at radius 3 is 2.00 bits per heavy atom. The van der Waals surface area contributed by atoms with Crippen molar-refractivity contribution in [2.45, 2.75) is 37.6 Å². The van der Waals surface area contributed by atoms with Crippen LogP contribution in [-0.4, -0.2) is 29.5 Å². The summed E-state index contributed by atoms with van der Waals surface area (Å²) in [5.74, 6) is 0. The Labute approximate surface area is 80.1 Å². The number of thiocarbonyl (C=S) groups is 1. The van der Waals surface area contributed by atoms with E-state index < -0.39 is 0 Å². The number of rotatable bonds is 2. The van der Waals surface area contributed by atoms with Crippen molar-refractivity contribution in [3.05, 3.63) is 0 Å². The van der Waals surface area contributed by atoms with Gasteiger partial charge in [0.1, 0.15) is 0 Å². The van der Waals surface area contributed by atoms with Crippen molar-refractivity contribution in [1.29, 1.82) is 0 Å². The molecule has 2 N–H and O–H groups in total. The van der Waals surface area contributed by atoms with Crippen LogP contribution in [0.1, 0.15) is 32.1 Å². The standard InChI is InChI=1S/C9H18N2S/c1-11(2)9(8(10)12)6-4-3-5-7-9/h3-7H2,1-2H3,(H2,10,12). The fourth-order valence-electron chi connectivity index (χ4n) is 2.05. The van der Waals surface area contributed by atoms with E-state index in [0.717, 1.165) is 12.8 Å². The van der Waals surface area contributed by atoms with Gasteiger partial charge in [-0.25, -0.2) is 0 Å². The van der Waals surface area contributed by atoms with E-state index in [4.69, 9.17) is 18.0 Å². The van der Waals surface area contributed by atoms with Crippen molar-refractivity contribution in [2.24, 2.45) is 5.73 Å². The molecule has 1 aliphatic rings. The van der Waals surface area contributed by atoms with Crippen LogP contribution in [0.4, 0.5) is 0 Å². The van der Waals surface area contributed by atoms with Crippen LogP contribution < -0.4 is 5.73 Å². The largest absolute Gasteiger partial charge is 0.392 e. The fourth-order valence-corrected chi connectivity index (χ4v) is 2.44. The minimum atomic E-state index is 0.0214. The topological polar surface area (TPSA) is 29.3 Å². The van der Waals surface area contributed by atoms with Gasteiger partial charge in [-0.15, -0.1) is 0 Å². The van der Waals surface area contributed by atoms with Crippen LogP contribution in [0.25, 0.3) is 0 Å². The van der Waals surface area contributed by atoms with Gasteiger partial charge < -0.3 is 5.73 Å². The highest BCUT2D eigenvalue weighted by molar-refractivity contribution is 7.80. The lowest BCUT2D eigenvalue weighted by molar-refractivity contribution is 0.172. The third kappa shape index (κ3) is 1.62. The van der Waals surface area contributed by atoms with Crippen molar-refractivity contribution in [1.82, 2.24) is 4.90 Å². The molecule has 1 fully saturated rings.